The van der Waals surface area contributed by atoms with E-state index in [2.05, 4.69) is 29.6 Å². The van der Waals surface area contributed by atoms with Crippen LogP contribution < -0.4 is 10.6 Å². The Balaban J connectivity index is 1.93. The van der Waals surface area contributed by atoms with Crippen LogP contribution in [0.15, 0.2) is 11.1 Å². The van der Waals surface area contributed by atoms with Gasteiger partial charge in [-0.05, 0) is 39.4 Å². The van der Waals surface area contributed by atoms with E-state index >= 15 is 0 Å². The summed E-state index contributed by atoms with van der Waals surface area (Å²) in [7, 11) is 4.28. The van der Waals surface area contributed by atoms with E-state index in [1.165, 1.54) is 37.7 Å². The van der Waals surface area contributed by atoms with Crippen molar-refractivity contribution in [3.05, 3.63) is 11.1 Å². The molecule has 2 fully saturated rings. The molecule has 1 amide bonds. The number of hydrogen-bond acceptors (Lipinski definition) is 3. The minimum Gasteiger partial charge on any atom is -0.350 e. The summed E-state index contributed by atoms with van der Waals surface area (Å²) in [6, 6.07) is 0. The van der Waals surface area contributed by atoms with Gasteiger partial charge in [0.2, 0.25) is 5.91 Å². The summed E-state index contributed by atoms with van der Waals surface area (Å²) in [5, 5.41) is 6.34. The van der Waals surface area contributed by atoms with Gasteiger partial charge in [0.05, 0.1) is 0 Å². The van der Waals surface area contributed by atoms with E-state index in [0.717, 1.165) is 25.2 Å². The lowest BCUT2D eigenvalue weighted by Crippen LogP contribution is -2.54. The third-order valence-electron chi connectivity index (χ3n) is 4.86. The Labute approximate surface area is 116 Å². The number of carbonyl (C=O) groups is 1. The van der Waals surface area contributed by atoms with Crippen LogP contribution in [0.2, 0.25) is 0 Å². The van der Waals surface area contributed by atoms with Gasteiger partial charge in [-0.25, -0.2) is 0 Å². The molecule has 2 rings (SSSR count). The number of carbonyl (C=O) groups excluding carboxylic acids is 1. The summed E-state index contributed by atoms with van der Waals surface area (Å²) in [5.41, 5.74) is 2.32. The van der Waals surface area contributed by atoms with Crippen LogP contribution in [0.1, 0.15) is 39.0 Å². The highest BCUT2D eigenvalue weighted by molar-refractivity contribution is 5.94. The SMILES string of the molecule is CC(C(=O)NCC1(N(C)C)CCCCC1)=C1CNC1. The molecule has 1 aliphatic carbocycles. The minimum atomic E-state index is 0.114. The Bertz CT molecular complexity index is 362. The smallest absolute Gasteiger partial charge is 0.247 e. The van der Waals surface area contributed by atoms with Crippen LogP contribution in [-0.2, 0) is 4.79 Å². The monoisotopic (exact) mass is 265 g/mol. The maximum Gasteiger partial charge on any atom is 0.247 e. The van der Waals surface area contributed by atoms with Crippen molar-refractivity contribution in [3.63, 3.8) is 0 Å². The van der Waals surface area contributed by atoms with E-state index in [-0.39, 0.29) is 11.4 Å². The number of nitrogens with one attached hydrogen (secondary N) is 2. The topological polar surface area (TPSA) is 44.4 Å². The third-order valence-corrected chi connectivity index (χ3v) is 4.86. The van der Waals surface area contributed by atoms with E-state index in [4.69, 9.17) is 0 Å². The van der Waals surface area contributed by atoms with E-state index in [0.29, 0.717) is 0 Å². The second kappa shape index (κ2) is 6.06. The highest BCUT2D eigenvalue weighted by Crippen LogP contribution is 2.31. The molecule has 0 aromatic carbocycles. The molecule has 4 heteroatoms. The van der Waals surface area contributed by atoms with Crippen LogP contribution in [0.3, 0.4) is 0 Å². The Morgan fingerprint density at radius 1 is 1.26 bits per heavy atom. The highest BCUT2D eigenvalue weighted by Gasteiger charge is 2.34. The van der Waals surface area contributed by atoms with Gasteiger partial charge in [-0.2, -0.15) is 0 Å². The summed E-state index contributed by atoms with van der Waals surface area (Å²) in [6.45, 7) is 4.46. The summed E-state index contributed by atoms with van der Waals surface area (Å²) in [5.74, 6) is 0.114. The Hall–Kier alpha value is -0.870. The first-order chi connectivity index (χ1) is 9.05. The third kappa shape index (κ3) is 3.18. The average molecular weight is 265 g/mol. The van der Waals surface area contributed by atoms with Crippen molar-refractivity contribution in [2.75, 3.05) is 33.7 Å². The maximum absolute atomic E-state index is 12.2. The fourth-order valence-corrected chi connectivity index (χ4v) is 3.05. The molecule has 4 nitrogen and oxygen atoms in total. The lowest BCUT2D eigenvalue weighted by molar-refractivity contribution is -0.118. The van der Waals surface area contributed by atoms with Crippen molar-refractivity contribution in [2.45, 2.75) is 44.6 Å². The average Bonchev–Trinajstić information content (AvgIpc) is 2.34. The molecule has 1 aliphatic heterocycles. The maximum atomic E-state index is 12.2. The first-order valence-corrected chi connectivity index (χ1v) is 7.40. The van der Waals surface area contributed by atoms with E-state index in [1.807, 2.05) is 6.92 Å². The fraction of sp³-hybridized carbons (Fsp3) is 0.800. The molecule has 1 saturated heterocycles. The molecule has 0 aromatic rings. The number of hydrogen-bond donors (Lipinski definition) is 2. The molecular weight excluding hydrogens is 238 g/mol. The van der Waals surface area contributed by atoms with Crippen LogP contribution in [-0.4, -0.2) is 50.1 Å². The minimum absolute atomic E-state index is 0.114. The van der Waals surface area contributed by atoms with E-state index in [9.17, 15) is 4.79 Å². The first kappa shape index (κ1) is 14.5. The van der Waals surface area contributed by atoms with Gasteiger partial charge in [-0.15, -0.1) is 0 Å². The lowest BCUT2D eigenvalue weighted by atomic mass is 9.80. The zero-order valence-electron chi connectivity index (χ0n) is 12.5. The van der Waals surface area contributed by atoms with Crippen molar-refractivity contribution in [1.29, 1.82) is 0 Å². The molecule has 0 radical (unpaired) electrons. The Morgan fingerprint density at radius 2 is 1.89 bits per heavy atom. The van der Waals surface area contributed by atoms with Gasteiger partial charge in [0, 0.05) is 30.7 Å². The van der Waals surface area contributed by atoms with Crippen molar-refractivity contribution in [3.8, 4) is 0 Å². The normalized spacial score (nSPS) is 22.0. The van der Waals surface area contributed by atoms with Crippen molar-refractivity contribution >= 4 is 5.91 Å². The molecule has 19 heavy (non-hydrogen) atoms. The van der Waals surface area contributed by atoms with Gasteiger partial charge < -0.3 is 15.5 Å². The molecule has 1 saturated carbocycles. The predicted octanol–water partition coefficient (Wildman–Crippen LogP) is 1.29. The summed E-state index contributed by atoms with van der Waals surface area (Å²) >= 11 is 0. The van der Waals surface area contributed by atoms with E-state index in [1.54, 1.807) is 0 Å². The number of nitrogens with zero attached hydrogens (tertiary/aromatic N) is 1. The molecule has 0 bridgehead atoms. The Kier molecular flexibility index (Phi) is 4.63. The van der Waals surface area contributed by atoms with Gasteiger partial charge in [0.15, 0.2) is 0 Å². The van der Waals surface area contributed by atoms with Crippen LogP contribution in [0.5, 0.6) is 0 Å². The van der Waals surface area contributed by atoms with Gasteiger partial charge in [0.25, 0.3) is 0 Å². The van der Waals surface area contributed by atoms with E-state index < -0.39 is 0 Å². The first-order valence-electron chi connectivity index (χ1n) is 7.40. The summed E-state index contributed by atoms with van der Waals surface area (Å²) < 4.78 is 0. The number of likely N-dealkylation sites (N-methyl/N-ethyl adjacent to an activating group) is 1. The molecule has 0 spiro atoms. The van der Waals surface area contributed by atoms with Crippen LogP contribution in [0.4, 0.5) is 0 Å². The zero-order chi connectivity index (χ0) is 13.9. The molecule has 0 unspecified atom stereocenters. The number of rotatable bonds is 4. The fourth-order valence-electron chi connectivity index (χ4n) is 3.05. The van der Waals surface area contributed by atoms with Gasteiger partial charge in [0.1, 0.15) is 0 Å². The summed E-state index contributed by atoms with van der Waals surface area (Å²) in [6.07, 6.45) is 6.27. The molecule has 2 aliphatic rings. The van der Waals surface area contributed by atoms with Crippen molar-refractivity contribution in [2.24, 2.45) is 0 Å². The molecule has 1 heterocycles. The van der Waals surface area contributed by atoms with Crippen molar-refractivity contribution < 1.29 is 4.79 Å². The van der Waals surface area contributed by atoms with Crippen LogP contribution >= 0.6 is 0 Å². The standard InChI is InChI=1S/C15H27N3O/c1-12(13-9-16-10-13)14(19)17-11-15(18(2)3)7-5-4-6-8-15/h16H,4-11H2,1-3H3,(H,17,19). The van der Waals surface area contributed by atoms with Crippen molar-refractivity contribution in [1.82, 2.24) is 15.5 Å². The number of amides is 1. The molecule has 0 atom stereocenters. The molecule has 2 N–H and O–H groups in total. The quantitative estimate of drug-likeness (QED) is 0.753. The molecule has 0 aromatic heterocycles. The zero-order valence-corrected chi connectivity index (χ0v) is 12.5. The predicted molar refractivity (Wildman–Crippen MR) is 78.1 cm³/mol. The second-order valence-corrected chi connectivity index (χ2v) is 6.19. The Morgan fingerprint density at radius 3 is 2.37 bits per heavy atom. The van der Waals surface area contributed by atoms with Gasteiger partial charge in [-0.3, -0.25) is 4.79 Å². The summed E-state index contributed by atoms with van der Waals surface area (Å²) in [4.78, 5) is 14.5. The van der Waals surface area contributed by atoms with Crippen LogP contribution in [0, 0.1) is 0 Å². The second-order valence-electron chi connectivity index (χ2n) is 6.19. The van der Waals surface area contributed by atoms with Crippen LogP contribution in [0.25, 0.3) is 0 Å². The largest absolute Gasteiger partial charge is 0.350 e. The van der Waals surface area contributed by atoms with Gasteiger partial charge >= 0.3 is 0 Å². The lowest BCUT2D eigenvalue weighted by Gasteiger charge is -2.43. The molecule has 108 valence electrons. The van der Waals surface area contributed by atoms with Gasteiger partial charge in [-0.1, -0.05) is 19.3 Å². The highest BCUT2D eigenvalue weighted by atomic mass is 16.1. The molecular formula is C15H27N3O.